The molecule has 0 saturated carbocycles. The maximum Gasteiger partial charge on any atom is 0.184 e. The fourth-order valence-corrected chi connectivity index (χ4v) is 0.820. The van der Waals surface area contributed by atoms with E-state index in [1.165, 1.54) is 0 Å². The second-order valence-electron chi connectivity index (χ2n) is 2.31. The highest BCUT2D eigenvalue weighted by Gasteiger charge is 1.87. The Kier molecular flexibility index (Phi) is 3.84. The number of hydrogen-bond acceptors (Lipinski definition) is 3. The van der Waals surface area contributed by atoms with Crippen LogP contribution in [0.25, 0.3) is 0 Å². The van der Waals surface area contributed by atoms with E-state index in [1.54, 1.807) is 12.4 Å². The Morgan fingerprint density at radius 3 is 3.15 bits per heavy atom. The molecule has 5 heteroatoms. The zero-order valence-corrected chi connectivity index (χ0v) is 7.79. The maximum atomic E-state index is 5.16. The maximum absolute atomic E-state index is 5.16. The van der Waals surface area contributed by atoms with E-state index < -0.39 is 0 Å². The lowest BCUT2D eigenvalue weighted by atomic mass is 10.3. The van der Waals surface area contributed by atoms with Gasteiger partial charge in [0, 0.05) is 24.5 Å². The Hall–Kier alpha value is -1.49. The Balaban J connectivity index is 2.35. The van der Waals surface area contributed by atoms with Crippen molar-refractivity contribution in [2.45, 2.75) is 6.42 Å². The van der Waals surface area contributed by atoms with E-state index in [9.17, 15) is 0 Å². The lowest BCUT2D eigenvalue weighted by Gasteiger charge is -1.94. The third kappa shape index (κ3) is 4.17. The summed E-state index contributed by atoms with van der Waals surface area (Å²) in [6.45, 7) is 0. The SMILES string of the molecule is NC(=S)N/N=C/Cc1ccccn1. The molecule has 68 valence electrons. The van der Waals surface area contributed by atoms with Gasteiger partial charge in [0.15, 0.2) is 5.11 Å². The summed E-state index contributed by atoms with van der Waals surface area (Å²) in [4.78, 5) is 4.11. The monoisotopic (exact) mass is 194 g/mol. The Morgan fingerprint density at radius 2 is 2.54 bits per heavy atom. The number of rotatable bonds is 3. The van der Waals surface area contributed by atoms with Crippen LogP contribution in [0.15, 0.2) is 29.5 Å². The molecule has 0 bridgehead atoms. The molecule has 0 radical (unpaired) electrons. The minimum Gasteiger partial charge on any atom is -0.375 e. The normalized spacial score (nSPS) is 10.2. The summed E-state index contributed by atoms with van der Waals surface area (Å²) in [6.07, 6.45) is 4.07. The number of nitrogens with one attached hydrogen (secondary N) is 1. The van der Waals surface area contributed by atoms with E-state index in [2.05, 4.69) is 27.7 Å². The van der Waals surface area contributed by atoms with Gasteiger partial charge in [0.1, 0.15) is 0 Å². The molecule has 0 aliphatic carbocycles. The Morgan fingerprint density at radius 1 is 1.69 bits per heavy atom. The summed E-state index contributed by atoms with van der Waals surface area (Å²) in [5, 5.41) is 3.95. The summed E-state index contributed by atoms with van der Waals surface area (Å²) < 4.78 is 0. The number of pyridine rings is 1. The summed E-state index contributed by atoms with van der Waals surface area (Å²) in [7, 11) is 0. The third-order valence-electron chi connectivity index (χ3n) is 1.29. The molecular formula is C8H10N4S. The molecule has 4 nitrogen and oxygen atoms in total. The lowest BCUT2D eigenvalue weighted by molar-refractivity contribution is 1.02. The first-order chi connectivity index (χ1) is 6.29. The van der Waals surface area contributed by atoms with Crippen molar-refractivity contribution in [3.8, 4) is 0 Å². The highest BCUT2D eigenvalue weighted by Crippen LogP contribution is 1.91. The van der Waals surface area contributed by atoms with Crippen molar-refractivity contribution in [2.75, 3.05) is 0 Å². The molecule has 1 rings (SSSR count). The topological polar surface area (TPSA) is 63.3 Å². The molecule has 0 amide bonds. The molecule has 1 aromatic heterocycles. The zero-order valence-electron chi connectivity index (χ0n) is 6.97. The van der Waals surface area contributed by atoms with Crippen LogP contribution < -0.4 is 11.2 Å². The summed E-state index contributed by atoms with van der Waals surface area (Å²) >= 11 is 4.56. The fraction of sp³-hybridized carbons (Fsp3) is 0.125. The highest BCUT2D eigenvalue weighted by molar-refractivity contribution is 7.80. The average molecular weight is 194 g/mol. The third-order valence-corrected chi connectivity index (χ3v) is 1.38. The quantitative estimate of drug-likeness (QED) is 0.416. The van der Waals surface area contributed by atoms with Crippen molar-refractivity contribution < 1.29 is 0 Å². The van der Waals surface area contributed by atoms with Crippen LogP contribution in [0.3, 0.4) is 0 Å². The van der Waals surface area contributed by atoms with Gasteiger partial charge in [-0.25, -0.2) is 0 Å². The van der Waals surface area contributed by atoms with Crippen LogP contribution in [0.2, 0.25) is 0 Å². The second-order valence-corrected chi connectivity index (χ2v) is 2.75. The Bertz CT molecular complexity index is 296. The van der Waals surface area contributed by atoms with Crippen LogP contribution >= 0.6 is 12.2 Å². The van der Waals surface area contributed by atoms with Gasteiger partial charge in [0.05, 0.1) is 0 Å². The number of aromatic nitrogens is 1. The number of hydrazone groups is 1. The molecule has 1 heterocycles. The standard InChI is InChI=1S/C8H10N4S/c9-8(13)12-11-6-4-7-3-1-2-5-10-7/h1-3,5-6H,4H2,(H3,9,12,13)/b11-6+. The molecule has 1 aromatic rings. The van der Waals surface area contributed by atoms with Crippen LogP contribution in [0, 0.1) is 0 Å². The van der Waals surface area contributed by atoms with Crippen molar-refractivity contribution in [3.05, 3.63) is 30.1 Å². The van der Waals surface area contributed by atoms with Gasteiger partial charge in [-0.1, -0.05) is 6.07 Å². The molecule has 0 unspecified atom stereocenters. The van der Waals surface area contributed by atoms with E-state index in [0.717, 1.165) is 5.69 Å². The molecule has 0 aliphatic heterocycles. The van der Waals surface area contributed by atoms with Gasteiger partial charge >= 0.3 is 0 Å². The van der Waals surface area contributed by atoms with Crippen molar-refractivity contribution in [3.63, 3.8) is 0 Å². The minimum absolute atomic E-state index is 0.164. The lowest BCUT2D eigenvalue weighted by Crippen LogP contribution is -2.24. The van der Waals surface area contributed by atoms with Gasteiger partial charge < -0.3 is 5.73 Å². The summed E-state index contributed by atoms with van der Waals surface area (Å²) in [6, 6.07) is 5.72. The molecule has 0 saturated heterocycles. The van der Waals surface area contributed by atoms with Crippen LogP contribution in [-0.4, -0.2) is 16.3 Å². The van der Waals surface area contributed by atoms with Gasteiger partial charge in [-0.05, 0) is 24.4 Å². The van der Waals surface area contributed by atoms with Crippen LogP contribution in [-0.2, 0) is 6.42 Å². The van der Waals surface area contributed by atoms with Gasteiger partial charge in [-0.2, -0.15) is 5.10 Å². The first kappa shape index (κ1) is 9.60. The largest absolute Gasteiger partial charge is 0.375 e. The van der Waals surface area contributed by atoms with E-state index in [0.29, 0.717) is 6.42 Å². The molecule has 3 N–H and O–H groups in total. The Labute approximate surface area is 81.9 Å². The van der Waals surface area contributed by atoms with Crippen LogP contribution in [0.4, 0.5) is 0 Å². The van der Waals surface area contributed by atoms with Crippen molar-refractivity contribution in [2.24, 2.45) is 10.8 Å². The van der Waals surface area contributed by atoms with E-state index in [-0.39, 0.29) is 5.11 Å². The number of nitrogens with two attached hydrogens (primary N) is 1. The predicted octanol–water partition coefficient (Wildman–Crippen LogP) is 0.443. The first-order valence-corrected chi connectivity index (χ1v) is 4.17. The molecule has 0 fully saturated rings. The number of nitrogens with zero attached hydrogens (tertiary/aromatic N) is 2. The van der Waals surface area contributed by atoms with Crippen LogP contribution in [0.5, 0.6) is 0 Å². The predicted molar refractivity (Wildman–Crippen MR) is 56.4 cm³/mol. The second kappa shape index (κ2) is 5.21. The number of hydrogen-bond donors (Lipinski definition) is 2. The molecule has 0 spiro atoms. The van der Waals surface area contributed by atoms with Crippen molar-refractivity contribution >= 4 is 23.5 Å². The summed E-state index contributed by atoms with van der Waals surface area (Å²) in [5.41, 5.74) is 8.58. The molecular weight excluding hydrogens is 184 g/mol. The zero-order chi connectivity index (χ0) is 9.52. The van der Waals surface area contributed by atoms with E-state index in [4.69, 9.17) is 5.73 Å². The van der Waals surface area contributed by atoms with Gasteiger partial charge in [-0.3, -0.25) is 10.4 Å². The minimum atomic E-state index is 0.164. The van der Waals surface area contributed by atoms with Crippen molar-refractivity contribution in [1.29, 1.82) is 0 Å². The van der Waals surface area contributed by atoms with Crippen molar-refractivity contribution in [1.82, 2.24) is 10.4 Å². The molecule has 0 atom stereocenters. The van der Waals surface area contributed by atoms with Crippen LogP contribution in [0.1, 0.15) is 5.69 Å². The molecule has 13 heavy (non-hydrogen) atoms. The van der Waals surface area contributed by atoms with E-state index >= 15 is 0 Å². The van der Waals surface area contributed by atoms with E-state index in [1.807, 2.05) is 18.2 Å². The highest BCUT2D eigenvalue weighted by atomic mass is 32.1. The van der Waals surface area contributed by atoms with Gasteiger partial charge in [-0.15, -0.1) is 0 Å². The fourth-order valence-electron chi connectivity index (χ4n) is 0.767. The summed E-state index contributed by atoms with van der Waals surface area (Å²) in [5.74, 6) is 0. The van der Waals surface area contributed by atoms with Gasteiger partial charge in [0.2, 0.25) is 0 Å². The smallest absolute Gasteiger partial charge is 0.184 e. The number of thiocarbonyl (C=S) groups is 1. The molecule has 0 aromatic carbocycles. The van der Waals surface area contributed by atoms with Gasteiger partial charge in [0.25, 0.3) is 0 Å². The first-order valence-electron chi connectivity index (χ1n) is 3.76. The molecule has 0 aliphatic rings. The average Bonchev–Trinajstić information content (AvgIpc) is 2.14.